The molecule has 2 unspecified atom stereocenters. The molecule has 2 aliphatic heterocycles. The van der Waals surface area contributed by atoms with Gasteiger partial charge in [0.2, 0.25) is 0 Å². The quantitative estimate of drug-likeness (QED) is 0.754. The van der Waals surface area contributed by atoms with Gasteiger partial charge in [0.15, 0.2) is 0 Å². The molecule has 2 N–H and O–H groups in total. The van der Waals surface area contributed by atoms with Crippen LogP contribution in [0.4, 0.5) is 5.69 Å². The van der Waals surface area contributed by atoms with E-state index < -0.39 is 0 Å². The van der Waals surface area contributed by atoms with Crippen molar-refractivity contribution >= 4 is 11.3 Å². The van der Waals surface area contributed by atoms with Crippen LogP contribution < -0.4 is 10.1 Å². The molecule has 2 aliphatic rings. The summed E-state index contributed by atoms with van der Waals surface area (Å²) in [7, 11) is 0. The first-order valence-electron chi connectivity index (χ1n) is 8.79. The third kappa shape index (κ3) is 2.47. The Labute approximate surface area is 148 Å². The molecule has 0 fully saturated rings. The molecular formula is C22H23NO2. The van der Waals surface area contributed by atoms with E-state index in [1.165, 1.54) is 16.7 Å². The SMILES string of the molecule is CC=CC1Oc2cccc(CO)c2-c2ccc3c(c21)C(C)=CC(C)N3. The predicted molar refractivity (Wildman–Crippen MR) is 103 cm³/mol. The number of hydrogen-bond donors (Lipinski definition) is 2. The minimum atomic E-state index is -0.130. The van der Waals surface area contributed by atoms with Crippen LogP contribution in [0.15, 0.2) is 48.6 Å². The maximum Gasteiger partial charge on any atom is 0.143 e. The lowest BCUT2D eigenvalue weighted by Crippen LogP contribution is -2.22. The number of rotatable bonds is 2. The largest absolute Gasteiger partial charge is 0.481 e. The summed E-state index contributed by atoms with van der Waals surface area (Å²) in [6.45, 7) is 6.34. The normalized spacial score (nSPS) is 20.9. The van der Waals surface area contributed by atoms with Crippen molar-refractivity contribution in [3.8, 4) is 16.9 Å². The number of hydrogen-bond acceptors (Lipinski definition) is 3. The highest BCUT2D eigenvalue weighted by Gasteiger charge is 2.31. The van der Waals surface area contributed by atoms with Gasteiger partial charge in [-0.15, -0.1) is 0 Å². The summed E-state index contributed by atoms with van der Waals surface area (Å²) in [5, 5.41) is 13.4. The maximum atomic E-state index is 9.82. The van der Waals surface area contributed by atoms with Crippen molar-refractivity contribution in [1.82, 2.24) is 0 Å². The Hall–Kier alpha value is -2.52. The van der Waals surface area contributed by atoms with Gasteiger partial charge in [0.25, 0.3) is 0 Å². The number of anilines is 1. The molecule has 0 bridgehead atoms. The van der Waals surface area contributed by atoms with Gasteiger partial charge in [0.1, 0.15) is 11.9 Å². The zero-order valence-electron chi connectivity index (χ0n) is 14.8. The van der Waals surface area contributed by atoms with Crippen molar-refractivity contribution < 1.29 is 9.84 Å². The predicted octanol–water partition coefficient (Wildman–Crippen LogP) is 5.07. The lowest BCUT2D eigenvalue weighted by Gasteiger charge is -2.34. The molecule has 0 saturated carbocycles. The first-order valence-corrected chi connectivity index (χ1v) is 8.79. The van der Waals surface area contributed by atoms with E-state index in [2.05, 4.69) is 43.4 Å². The monoisotopic (exact) mass is 333 g/mol. The van der Waals surface area contributed by atoms with Crippen molar-refractivity contribution in [3.63, 3.8) is 0 Å². The fourth-order valence-electron chi connectivity index (χ4n) is 4.04. The van der Waals surface area contributed by atoms with Crippen molar-refractivity contribution in [2.75, 3.05) is 5.32 Å². The third-order valence-corrected chi connectivity index (χ3v) is 4.98. The van der Waals surface area contributed by atoms with Crippen LogP contribution in [0.5, 0.6) is 5.75 Å². The van der Waals surface area contributed by atoms with E-state index in [4.69, 9.17) is 4.74 Å². The van der Waals surface area contributed by atoms with Crippen molar-refractivity contribution in [3.05, 3.63) is 65.3 Å². The molecule has 128 valence electrons. The highest BCUT2D eigenvalue weighted by atomic mass is 16.5. The Kier molecular flexibility index (Phi) is 3.89. The van der Waals surface area contributed by atoms with Crippen LogP contribution >= 0.6 is 0 Å². The molecule has 0 radical (unpaired) electrons. The molecule has 0 amide bonds. The van der Waals surface area contributed by atoms with E-state index in [0.29, 0.717) is 6.04 Å². The maximum absolute atomic E-state index is 9.82. The van der Waals surface area contributed by atoms with Crippen LogP contribution in [0.2, 0.25) is 0 Å². The summed E-state index contributed by atoms with van der Waals surface area (Å²) in [6.07, 6.45) is 6.25. The number of nitrogens with one attached hydrogen (secondary N) is 1. The topological polar surface area (TPSA) is 41.5 Å². The number of aliphatic hydroxyl groups is 1. The molecule has 0 aliphatic carbocycles. The standard InChI is InChI=1S/C22H23NO2/c1-4-6-18-22-16(21-15(12-24)7-5-8-19(21)25-18)9-10-17-20(22)13(2)11-14(3)23-17/h4-11,14,18,23-24H,12H2,1-3H3. The van der Waals surface area contributed by atoms with Gasteiger partial charge in [0, 0.05) is 28.4 Å². The Morgan fingerprint density at radius 3 is 2.80 bits per heavy atom. The molecule has 2 heterocycles. The van der Waals surface area contributed by atoms with Gasteiger partial charge >= 0.3 is 0 Å². The van der Waals surface area contributed by atoms with Crippen LogP contribution in [0, 0.1) is 0 Å². The van der Waals surface area contributed by atoms with Gasteiger partial charge in [0.05, 0.1) is 6.61 Å². The average molecular weight is 333 g/mol. The number of allylic oxidation sites excluding steroid dienone is 2. The Morgan fingerprint density at radius 2 is 2.04 bits per heavy atom. The Morgan fingerprint density at radius 1 is 1.20 bits per heavy atom. The highest BCUT2D eigenvalue weighted by molar-refractivity contribution is 5.90. The molecule has 4 rings (SSSR count). The van der Waals surface area contributed by atoms with Crippen LogP contribution in [-0.2, 0) is 6.61 Å². The van der Waals surface area contributed by atoms with E-state index in [9.17, 15) is 5.11 Å². The summed E-state index contributed by atoms with van der Waals surface area (Å²) in [5.74, 6) is 0.834. The molecule has 2 aromatic rings. The molecule has 3 heteroatoms. The van der Waals surface area contributed by atoms with Crippen molar-refractivity contribution in [2.24, 2.45) is 0 Å². The molecular weight excluding hydrogens is 310 g/mol. The smallest absolute Gasteiger partial charge is 0.143 e. The Balaban J connectivity index is 2.04. The van der Waals surface area contributed by atoms with Crippen molar-refractivity contribution in [2.45, 2.75) is 39.5 Å². The van der Waals surface area contributed by atoms with Gasteiger partial charge in [-0.05, 0) is 55.7 Å². The van der Waals surface area contributed by atoms with E-state index in [-0.39, 0.29) is 12.7 Å². The summed E-state index contributed by atoms with van der Waals surface area (Å²) in [4.78, 5) is 0. The zero-order valence-corrected chi connectivity index (χ0v) is 14.8. The van der Waals surface area contributed by atoms with Gasteiger partial charge in [-0.3, -0.25) is 0 Å². The minimum absolute atomic E-state index is 0.00144. The number of benzene rings is 2. The van der Waals surface area contributed by atoms with Crippen molar-refractivity contribution in [1.29, 1.82) is 0 Å². The fourth-order valence-corrected chi connectivity index (χ4v) is 4.04. The first kappa shape index (κ1) is 16.0. The van der Waals surface area contributed by atoms with Gasteiger partial charge in [-0.1, -0.05) is 30.4 Å². The molecule has 0 spiro atoms. The summed E-state index contributed by atoms with van der Waals surface area (Å²) in [6, 6.07) is 10.5. The van der Waals surface area contributed by atoms with Crippen LogP contribution in [0.25, 0.3) is 16.7 Å². The number of aliphatic hydroxyl groups excluding tert-OH is 1. The second kappa shape index (κ2) is 6.08. The van der Waals surface area contributed by atoms with E-state index in [1.807, 2.05) is 31.2 Å². The van der Waals surface area contributed by atoms with E-state index >= 15 is 0 Å². The summed E-state index contributed by atoms with van der Waals surface area (Å²) >= 11 is 0. The highest BCUT2D eigenvalue weighted by Crippen LogP contribution is 2.49. The van der Waals surface area contributed by atoms with Crippen LogP contribution in [-0.4, -0.2) is 11.1 Å². The van der Waals surface area contributed by atoms with Gasteiger partial charge in [-0.2, -0.15) is 0 Å². The number of ether oxygens (including phenoxy) is 1. The average Bonchev–Trinajstić information content (AvgIpc) is 2.60. The summed E-state index contributed by atoms with van der Waals surface area (Å²) < 4.78 is 6.33. The van der Waals surface area contributed by atoms with Crippen LogP contribution in [0.1, 0.15) is 43.6 Å². The molecule has 2 aromatic carbocycles. The molecule has 2 atom stereocenters. The molecule has 25 heavy (non-hydrogen) atoms. The minimum Gasteiger partial charge on any atom is -0.481 e. The van der Waals surface area contributed by atoms with E-state index in [1.54, 1.807) is 0 Å². The lowest BCUT2D eigenvalue weighted by atomic mass is 9.82. The first-order chi connectivity index (χ1) is 12.1. The van der Waals surface area contributed by atoms with Gasteiger partial charge in [-0.25, -0.2) is 0 Å². The van der Waals surface area contributed by atoms with Gasteiger partial charge < -0.3 is 15.2 Å². The third-order valence-electron chi connectivity index (χ3n) is 4.98. The van der Waals surface area contributed by atoms with Crippen LogP contribution in [0.3, 0.4) is 0 Å². The zero-order chi connectivity index (χ0) is 17.6. The lowest BCUT2D eigenvalue weighted by molar-refractivity contribution is 0.248. The molecule has 0 saturated heterocycles. The fraction of sp³-hybridized carbons (Fsp3) is 0.273. The van der Waals surface area contributed by atoms with E-state index in [0.717, 1.165) is 28.1 Å². The second-order valence-corrected chi connectivity index (χ2v) is 6.74. The molecule has 3 nitrogen and oxygen atoms in total. The number of fused-ring (bicyclic) bond motifs is 5. The second-order valence-electron chi connectivity index (χ2n) is 6.74. The Bertz CT molecular complexity index is 895. The summed E-state index contributed by atoms with van der Waals surface area (Å²) in [5.41, 5.74) is 7.87. The molecule has 0 aromatic heterocycles.